The third-order valence-corrected chi connectivity index (χ3v) is 3.78. The van der Waals surface area contributed by atoms with E-state index < -0.39 is 6.03 Å². The number of rotatable bonds is 4. The molecule has 0 bridgehead atoms. The zero-order chi connectivity index (χ0) is 16.2. The van der Waals surface area contributed by atoms with Gasteiger partial charge in [-0.25, -0.2) is 4.79 Å². The highest BCUT2D eigenvalue weighted by Crippen LogP contribution is 2.28. The van der Waals surface area contributed by atoms with E-state index in [2.05, 4.69) is 15.7 Å². The van der Waals surface area contributed by atoms with Crippen LogP contribution in [0.25, 0.3) is 0 Å². The van der Waals surface area contributed by atoms with Crippen LogP contribution in [0.3, 0.4) is 0 Å². The van der Waals surface area contributed by atoms with Gasteiger partial charge in [-0.05, 0) is 24.6 Å². The Hall–Kier alpha value is -2.25. The van der Waals surface area contributed by atoms with Crippen molar-refractivity contribution in [1.29, 1.82) is 0 Å². The summed E-state index contributed by atoms with van der Waals surface area (Å²) < 4.78 is 12.3. The Labute approximate surface area is 138 Å². The number of carbonyl (C=O) groups excluding carboxylic acids is 1. The third-order valence-electron chi connectivity index (χ3n) is 3.55. The molecule has 2 amide bonds. The van der Waals surface area contributed by atoms with Gasteiger partial charge in [-0.2, -0.15) is 5.10 Å². The number of hydrogen-bond donors (Lipinski definition) is 2. The van der Waals surface area contributed by atoms with E-state index in [-0.39, 0.29) is 6.04 Å². The van der Waals surface area contributed by atoms with Crippen LogP contribution in [-0.4, -0.2) is 36.1 Å². The summed E-state index contributed by atoms with van der Waals surface area (Å²) in [7, 11) is 1.53. The minimum atomic E-state index is -0.396. The van der Waals surface area contributed by atoms with Gasteiger partial charge in [0.05, 0.1) is 37.3 Å². The van der Waals surface area contributed by atoms with Gasteiger partial charge >= 0.3 is 6.03 Å². The largest absolute Gasteiger partial charge is 0.495 e. The maximum Gasteiger partial charge on any atom is 0.323 e. The molecule has 0 unspecified atom stereocenters. The van der Waals surface area contributed by atoms with Gasteiger partial charge in [-0.3, -0.25) is 4.68 Å². The fraction of sp³-hybridized carbons (Fsp3) is 0.333. The molecule has 1 aromatic heterocycles. The average molecular weight is 337 g/mol. The Morgan fingerprint density at radius 1 is 1.48 bits per heavy atom. The number of ether oxygens (including phenoxy) is 2. The molecular formula is C15H17ClN4O3. The van der Waals surface area contributed by atoms with Crippen LogP contribution in [-0.2, 0) is 4.74 Å². The molecular weight excluding hydrogens is 320 g/mol. The SMILES string of the molecule is COc1ccc(Cl)cc1NC(=O)Nc1cnn([C@@H]2CCOC2)c1. The van der Waals surface area contributed by atoms with Crippen LogP contribution in [0.5, 0.6) is 5.75 Å². The lowest BCUT2D eigenvalue weighted by Crippen LogP contribution is -2.19. The molecule has 0 radical (unpaired) electrons. The Morgan fingerprint density at radius 3 is 3.09 bits per heavy atom. The molecule has 1 atom stereocenters. The van der Waals surface area contributed by atoms with Crippen molar-refractivity contribution in [3.05, 3.63) is 35.6 Å². The van der Waals surface area contributed by atoms with Crippen molar-refractivity contribution in [1.82, 2.24) is 9.78 Å². The molecule has 23 heavy (non-hydrogen) atoms. The lowest BCUT2D eigenvalue weighted by molar-refractivity contribution is 0.184. The van der Waals surface area contributed by atoms with Gasteiger partial charge in [0, 0.05) is 17.8 Å². The first kappa shape index (κ1) is 15.6. The van der Waals surface area contributed by atoms with Crippen molar-refractivity contribution in [2.24, 2.45) is 0 Å². The molecule has 1 fully saturated rings. The zero-order valence-corrected chi connectivity index (χ0v) is 13.3. The topological polar surface area (TPSA) is 77.4 Å². The average Bonchev–Trinajstić information content (AvgIpc) is 3.18. The number of anilines is 2. The fourth-order valence-corrected chi connectivity index (χ4v) is 2.57. The Balaban J connectivity index is 1.64. The summed E-state index contributed by atoms with van der Waals surface area (Å²) in [5.41, 5.74) is 1.10. The van der Waals surface area contributed by atoms with E-state index in [9.17, 15) is 4.79 Å². The summed E-state index contributed by atoms with van der Waals surface area (Å²) in [4.78, 5) is 12.1. The first-order valence-electron chi connectivity index (χ1n) is 7.19. The highest BCUT2D eigenvalue weighted by Gasteiger charge is 2.18. The van der Waals surface area contributed by atoms with Crippen molar-refractivity contribution in [2.45, 2.75) is 12.5 Å². The van der Waals surface area contributed by atoms with Crippen molar-refractivity contribution in [3.63, 3.8) is 0 Å². The number of amides is 2. The number of benzene rings is 1. The normalized spacial score (nSPS) is 17.0. The molecule has 1 aliphatic heterocycles. The first-order valence-corrected chi connectivity index (χ1v) is 7.57. The van der Waals surface area contributed by atoms with Crippen molar-refractivity contribution in [3.8, 4) is 5.75 Å². The van der Waals surface area contributed by atoms with E-state index in [1.165, 1.54) is 7.11 Å². The summed E-state index contributed by atoms with van der Waals surface area (Å²) in [5.74, 6) is 0.531. The number of hydrogen-bond acceptors (Lipinski definition) is 4. The summed E-state index contributed by atoms with van der Waals surface area (Å²) in [6.45, 7) is 1.38. The van der Waals surface area contributed by atoms with Gasteiger partial charge in [0.15, 0.2) is 0 Å². The van der Waals surface area contributed by atoms with E-state index in [1.54, 1.807) is 30.6 Å². The number of nitrogens with one attached hydrogen (secondary N) is 2. The smallest absolute Gasteiger partial charge is 0.323 e. The van der Waals surface area contributed by atoms with Gasteiger partial charge in [0.1, 0.15) is 5.75 Å². The minimum Gasteiger partial charge on any atom is -0.495 e. The molecule has 2 heterocycles. The number of carbonyl (C=O) groups is 1. The molecule has 1 aliphatic rings. The molecule has 122 valence electrons. The molecule has 0 spiro atoms. The van der Waals surface area contributed by atoms with E-state index in [0.717, 1.165) is 13.0 Å². The fourth-order valence-electron chi connectivity index (χ4n) is 2.40. The molecule has 7 nitrogen and oxygen atoms in total. The Bertz CT molecular complexity index is 698. The van der Waals surface area contributed by atoms with Gasteiger partial charge in [0.25, 0.3) is 0 Å². The summed E-state index contributed by atoms with van der Waals surface area (Å²) >= 11 is 5.94. The van der Waals surface area contributed by atoms with Gasteiger partial charge in [0.2, 0.25) is 0 Å². The maximum atomic E-state index is 12.1. The van der Waals surface area contributed by atoms with Crippen molar-refractivity contribution < 1.29 is 14.3 Å². The molecule has 3 rings (SSSR count). The third kappa shape index (κ3) is 3.75. The van der Waals surface area contributed by atoms with E-state index >= 15 is 0 Å². The van der Waals surface area contributed by atoms with E-state index in [1.807, 2.05) is 4.68 Å². The monoisotopic (exact) mass is 336 g/mol. The second kappa shape index (κ2) is 6.89. The van der Waals surface area contributed by atoms with Crippen LogP contribution in [0, 0.1) is 0 Å². The highest BCUT2D eigenvalue weighted by molar-refractivity contribution is 6.31. The zero-order valence-electron chi connectivity index (χ0n) is 12.6. The van der Waals surface area contributed by atoms with Crippen molar-refractivity contribution >= 4 is 29.0 Å². The van der Waals surface area contributed by atoms with Crippen LogP contribution in [0.15, 0.2) is 30.6 Å². The highest BCUT2D eigenvalue weighted by atomic mass is 35.5. The lowest BCUT2D eigenvalue weighted by atomic mass is 10.3. The lowest BCUT2D eigenvalue weighted by Gasteiger charge is -2.11. The second-order valence-corrected chi connectivity index (χ2v) is 5.59. The quantitative estimate of drug-likeness (QED) is 0.899. The first-order chi connectivity index (χ1) is 11.2. The summed E-state index contributed by atoms with van der Waals surface area (Å²) in [6, 6.07) is 4.83. The molecule has 1 saturated heterocycles. The molecule has 2 aromatic rings. The number of methoxy groups -OCH3 is 1. The molecule has 2 N–H and O–H groups in total. The van der Waals surface area contributed by atoms with E-state index in [4.69, 9.17) is 21.1 Å². The molecule has 1 aromatic carbocycles. The molecule has 8 heteroatoms. The number of halogens is 1. The number of urea groups is 1. The van der Waals surface area contributed by atoms with Crippen LogP contribution in [0.1, 0.15) is 12.5 Å². The van der Waals surface area contributed by atoms with E-state index in [0.29, 0.717) is 28.8 Å². The van der Waals surface area contributed by atoms with Gasteiger partial charge < -0.3 is 20.1 Å². The van der Waals surface area contributed by atoms with Gasteiger partial charge in [-0.15, -0.1) is 0 Å². The standard InChI is InChI=1S/C15H17ClN4O3/c1-22-14-3-2-10(16)6-13(14)19-15(21)18-11-7-17-20(8-11)12-4-5-23-9-12/h2-3,6-8,12H,4-5,9H2,1H3,(H2,18,19,21)/t12-/m1/s1. The minimum absolute atomic E-state index is 0.224. The Kier molecular flexibility index (Phi) is 4.68. The van der Waals surface area contributed by atoms with Crippen LogP contribution >= 0.6 is 11.6 Å². The van der Waals surface area contributed by atoms with Crippen LogP contribution in [0.2, 0.25) is 5.02 Å². The molecule has 0 saturated carbocycles. The van der Waals surface area contributed by atoms with Crippen LogP contribution in [0.4, 0.5) is 16.2 Å². The predicted octanol–water partition coefficient (Wildman–Crippen LogP) is 3.15. The maximum absolute atomic E-state index is 12.1. The predicted molar refractivity (Wildman–Crippen MR) is 87.3 cm³/mol. The summed E-state index contributed by atoms with van der Waals surface area (Å²) in [5, 5.41) is 10.2. The number of nitrogens with zero attached hydrogens (tertiary/aromatic N) is 2. The molecule has 0 aliphatic carbocycles. The van der Waals surface area contributed by atoms with Crippen LogP contribution < -0.4 is 15.4 Å². The Morgan fingerprint density at radius 2 is 2.35 bits per heavy atom. The van der Waals surface area contributed by atoms with Gasteiger partial charge in [-0.1, -0.05) is 11.6 Å². The second-order valence-electron chi connectivity index (χ2n) is 5.15. The van der Waals surface area contributed by atoms with Crippen molar-refractivity contribution in [2.75, 3.05) is 31.0 Å². The number of aromatic nitrogens is 2. The summed E-state index contributed by atoms with van der Waals surface area (Å²) in [6.07, 6.45) is 4.31.